The molecule has 0 atom stereocenters. The highest BCUT2D eigenvalue weighted by molar-refractivity contribution is 6.14. The van der Waals surface area contributed by atoms with Gasteiger partial charge in [0.1, 0.15) is 0 Å². The predicted molar refractivity (Wildman–Crippen MR) is 110 cm³/mol. The predicted octanol–water partition coefficient (Wildman–Crippen LogP) is 5.23. The number of fused-ring (bicyclic) bond motifs is 1. The number of aliphatic imine (C=N–C) groups is 1. The standard InChI is InChI=1S/C23H28N2/c1-23(2,3)17-19-10-6-5-9-18(19)13-14-21-20-11-7-8-12-22(20)25(4)16-15-24-21/h5-14H,15-17H2,1-4H3/b14-13+. The maximum Gasteiger partial charge on any atom is 0.0668 e. The first-order valence-corrected chi connectivity index (χ1v) is 9.05. The molecular weight excluding hydrogens is 304 g/mol. The lowest BCUT2D eigenvalue weighted by molar-refractivity contribution is 0.411. The van der Waals surface area contributed by atoms with Crippen molar-refractivity contribution < 1.29 is 0 Å². The molecule has 0 aliphatic carbocycles. The molecule has 130 valence electrons. The number of benzodiazepines with no additional fused rings is 1. The van der Waals surface area contributed by atoms with Gasteiger partial charge in [0, 0.05) is 24.8 Å². The Morgan fingerprint density at radius 1 is 1.00 bits per heavy atom. The van der Waals surface area contributed by atoms with Crippen molar-refractivity contribution in [2.75, 3.05) is 25.0 Å². The SMILES string of the molecule is CN1CCN=C(/C=C/c2ccccc2CC(C)(C)C)c2ccccc21. The highest BCUT2D eigenvalue weighted by atomic mass is 15.1. The maximum atomic E-state index is 4.82. The molecule has 2 nitrogen and oxygen atoms in total. The number of benzene rings is 2. The number of hydrogen-bond acceptors (Lipinski definition) is 2. The Balaban J connectivity index is 1.93. The molecule has 0 saturated heterocycles. The fourth-order valence-electron chi connectivity index (χ4n) is 3.29. The summed E-state index contributed by atoms with van der Waals surface area (Å²) < 4.78 is 0. The second-order valence-electron chi connectivity index (χ2n) is 7.98. The highest BCUT2D eigenvalue weighted by Gasteiger charge is 2.15. The van der Waals surface area contributed by atoms with Crippen molar-refractivity contribution in [3.63, 3.8) is 0 Å². The van der Waals surface area contributed by atoms with Crippen LogP contribution in [-0.4, -0.2) is 25.8 Å². The third kappa shape index (κ3) is 4.39. The fourth-order valence-corrected chi connectivity index (χ4v) is 3.29. The van der Waals surface area contributed by atoms with Gasteiger partial charge in [-0.3, -0.25) is 4.99 Å². The van der Waals surface area contributed by atoms with Gasteiger partial charge in [0.05, 0.1) is 12.3 Å². The van der Waals surface area contributed by atoms with Gasteiger partial charge < -0.3 is 4.90 Å². The highest BCUT2D eigenvalue weighted by Crippen LogP contribution is 2.25. The van der Waals surface area contributed by atoms with E-state index in [4.69, 9.17) is 4.99 Å². The third-order valence-electron chi connectivity index (χ3n) is 4.51. The molecule has 0 saturated carbocycles. The van der Waals surface area contributed by atoms with Crippen LogP contribution in [0.25, 0.3) is 6.08 Å². The average Bonchev–Trinajstić information content (AvgIpc) is 2.72. The normalized spacial score (nSPS) is 15.0. The minimum atomic E-state index is 0.277. The van der Waals surface area contributed by atoms with E-state index < -0.39 is 0 Å². The van der Waals surface area contributed by atoms with E-state index in [0.717, 1.165) is 25.2 Å². The van der Waals surface area contributed by atoms with Gasteiger partial charge in [-0.05, 0) is 35.1 Å². The summed E-state index contributed by atoms with van der Waals surface area (Å²) in [7, 11) is 2.14. The summed E-state index contributed by atoms with van der Waals surface area (Å²) in [5.74, 6) is 0. The van der Waals surface area contributed by atoms with Crippen molar-refractivity contribution in [2.24, 2.45) is 10.4 Å². The number of anilines is 1. The van der Waals surface area contributed by atoms with Crippen molar-refractivity contribution in [1.29, 1.82) is 0 Å². The average molecular weight is 332 g/mol. The lowest BCUT2D eigenvalue weighted by Crippen LogP contribution is -2.20. The van der Waals surface area contributed by atoms with Crippen LogP contribution in [0.3, 0.4) is 0 Å². The van der Waals surface area contributed by atoms with Crippen LogP contribution < -0.4 is 4.90 Å². The Morgan fingerprint density at radius 2 is 1.72 bits per heavy atom. The van der Waals surface area contributed by atoms with Gasteiger partial charge in [0.2, 0.25) is 0 Å². The van der Waals surface area contributed by atoms with Crippen molar-refractivity contribution in [3.05, 3.63) is 71.3 Å². The molecular formula is C23H28N2. The first kappa shape index (κ1) is 17.5. The van der Waals surface area contributed by atoms with E-state index in [0.29, 0.717) is 0 Å². The van der Waals surface area contributed by atoms with E-state index in [2.05, 4.69) is 93.4 Å². The van der Waals surface area contributed by atoms with E-state index in [9.17, 15) is 0 Å². The number of likely N-dealkylation sites (N-methyl/N-ethyl adjacent to an activating group) is 1. The van der Waals surface area contributed by atoms with Crippen molar-refractivity contribution in [3.8, 4) is 0 Å². The monoisotopic (exact) mass is 332 g/mol. The Labute approximate surface area is 151 Å². The molecule has 3 rings (SSSR count). The summed E-state index contributed by atoms with van der Waals surface area (Å²) in [6.07, 6.45) is 5.47. The summed E-state index contributed by atoms with van der Waals surface area (Å²) in [5, 5.41) is 0. The molecule has 2 aromatic rings. The van der Waals surface area contributed by atoms with Gasteiger partial charge in [-0.2, -0.15) is 0 Å². The van der Waals surface area contributed by atoms with Crippen molar-refractivity contribution in [1.82, 2.24) is 0 Å². The molecule has 25 heavy (non-hydrogen) atoms. The molecule has 0 bridgehead atoms. The number of para-hydroxylation sites is 1. The minimum absolute atomic E-state index is 0.277. The van der Waals surface area contributed by atoms with Crippen LogP contribution in [0.5, 0.6) is 0 Å². The van der Waals surface area contributed by atoms with Gasteiger partial charge in [0.15, 0.2) is 0 Å². The molecule has 1 aliphatic heterocycles. The smallest absolute Gasteiger partial charge is 0.0668 e. The minimum Gasteiger partial charge on any atom is -0.372 e. The second-order valence-corrected chi connectivity index (χ2v) is 7.98. The topological polar surface area (TPSA) is 15.6 Å². The van der Waals surface area contributed by atoms with E-state index in [-0.39, 0.29) is 5.41 Å². The maximum absolute atomic E-state index is 4.82. The van der Waals surface area contributed by atoms with E-state index in [1.165, 1.54) is 22.4 Å². The molecule has 1 aliphatic rings. The second kappa shape index (κ2) is 7.26. The summed E-state index contributed by atoms with van der Waals surface area (Å²) >= 11 is 0. The molecule has 0 amide bonds. The lowest BCUT2D eigenvalue weighted by atomic mass is 9.86. The Morgan fingerprint density at radius 3 is 2.52 bits per heavy atom. The quantitative estimate of drug-likeness (QED) is 0.751. The molecule has 0 unspecified atom stereocenters. The van der Waals surface area contributed by atoms with Crippen LogP contribution in [0.2, 0.25) is 0 Å². The van der Waals surface area contributed by atoms with Gasteiger partial charge in [-0.15, -0.1) is 0 Å². The molecule has 0 aromatic heterocycles. The van der Waals surface area contributed by atoms with Crippen LogP contribution in [0.4, 0.5) is 5.69 Å². The van der Waals surface area contributed by atoms with Crippen LogP contribution in [0.1, 0.15) is 37.5 Å². The lowest BCUT2D eigenvalue weighted by Gasteiger charge is -2.19. The third-order valence-corrected chi connectivity index (χ3v) is 4.51. The Hall–Kier alpha value is -2.35. The van der Waals surface area contributed by atoms with Crippen LogP contribution >= 0.6 is 0 Å². The van der Waals surface area contributed by atoms with Gasteiger partial charge in [-0.25, -0.2) is 0 Å². The largest absolute Gasteiger partial charge is 0.372 e. The summed E-state index contributed by atoms with van der Waals surface area (Å²) in [5.41, 5.74) is 6.50. The molecule has 0 N–H and O–H groups in total. The first-order chi connectivity index (χ1) is 11.9. The molecule has 0 radical (unpaired) electrons. The molecule has 2 heteroatoms. The van der Waals surface area contributed by atoms with Crippen molar-refractivity contribution in [2.45, 2.75) is 27.2 Å². The van der Waals surface area contributed by atoms with E-state index >= 15 is 0 Å². The van der Waals surface area contributed by atoms with Gasteiger partial charge >= 0.3 is 0 Å². The number of nitrogens with zero attached hydrogens (tertiary/aromatic N) is 2. The first-order valence-electron chi connectivity index (χ1n) is 9.05. The van der Waals surface area contributed by atoms with Gasteiger partial charge in [-0.1, -0.05) is 69.3 Å². The Kier molecular flexibility index (Phi) is 5.08. The number of allylic oxidation sites excluding steroid dienone is 1. The van der Waals surface area contributed by atoms with E-state index in [1.54, 1.807) is 0 Å². The molecule has 2 aromatic carbocycles. The molecule has 1 heterocycles. The van der Waals surface area contributed by atoms with Crippen LogP contribution in [0, 0.1) is 5.41 Å². The zero-order chi connectivity index (χ0) is 17.9. The van der Waals surface area contributed by atoms with Crippen LogP contribution in [0.15, 0.2) is 59.6 Å². The zero-order valence-electron chi connectivity index (χ0n) is 15.8. The molecule has 0 fully saturated rings. The summed E-state index contributed by atoms with van der Waals surface area (Å²) in [6.45, 7) is 8.64. The number of rotatable bonds is 3. The zero-order valence-corrected chi connectivity index (χ0v) is 15.8. The summed E-state index contributed by atoms with van der Waals surface area (Å²) in [6, 6.07) is 17.2. The van der Waals surface area contributed by atoms with Crippen molar-refractivity contribution >= 4 is 17.5 Å². The van der Waals surface area contributed by atoms with Gasteiger partial charge in [0.25, 0.3) is 0 Å². The number of hydrogen-bond donors (Lipinski definition) is 0. The van der Waals surface area contributed by atoms with E-state index in [1.807, 2.05) is 0 Å². The Bertz CT molecular complexity index is 794. The molecule has 0 spiro atoms. The summed E-state index contributed by atoms with van der Waals surface area (Å²) in [4.78, 5) is 7.11. The van der Waals surface area contributed by atoms with Crippen LogP contribution in [-0.2, 0) is 6.42 Å². The fraction of sp³-hybridized carbons (Fsp3) is 0.348.